The van der Waals surface area contributed by atoms with Gasteiger partial charge in [-0.1, -0.05) is 48.5 Å². The molecule has 4 heteroatoms. The average molecular weight is 501 g/mol. The number of esters is 1. The van der Waals surface area contributed by atoms with Crippen molar-refractivity contribution in [3.8, 4) is 0 Å². The first kappa shape index (κ1) is 25.7. The van der Waals surface area contributed by atoms with Crippen LogP contribution in [-0.4, -0.2) is 35.5 Å². The third-order valence-corrected chi connectivity index (χ3v) is 14.4. The molecular formula is C32H52O4. The van der Waals surface area contributed by atoms with Crippen LogP contribution in [0, 0.1) is 50.2 Å². The lowest BCUT2D eigenvalue weighted by Crippen LogP contribution is -2.73. The zero-order valence-electron chi connectivity index (χ0n) is 24.3. The van der Waals surface area contributed by atoms with Gasteiger partial charge in [-0.05, 0) is 98.2 Å². The number of aliphatic hydroxyl groups is 1. The molecule has 4 nitrogen and oxygen atoms in total. The van der Waals surface area contributed by atoms with Crippen LogP contribution >= 0.6 is 0 Å². The van der Waals surface area contributed by atoms with E-state index < -0.39 is 0 Å². The molecule has 204 valence electrons. The highest BCUT2D eigenvalue weighted by Gasteiger charge is 2.79. The molecular weight excluding hydrogens is 448 g/mol. The zero-order valence-corrected chi connectivity index (χ0v) is 24.3. The second-order valence-electron chi connectivity index (χ2n) is 16.4. The minimum absolute atomic E-state index is 0.0164. The lowest BCUT2D eigenvalue weighted by molar-refractivity contribution is -0.298. The molecule has 0 unspecified atom stereocenters. The van der Waals surface area contributed by atoms with E-state index in [2.05, 4.69) is 48.5 Å². The van der Waals surface area contributed by atoms with Crippen molar-refractivity contribution < 1.29 is 19.4 Å². The summed E-state index contributed by atoms with van der Waals surface area (Å²) in [7, 11) is 0. The Morgan fingerprint density at radius 1 is 0.833 bits per heavy atom. The van der Waals surface area contributed by atoms with Crippen LogP contribution in [0.15, 0.2) is 0 Å². The van der Waals surface area contributed by atoms with Gasteiger partial charge in [0.25, 0.3) is 0 Å². The topological polar surface area (TPSA) is 55.8 Å². The van der Waals surface area contributed by atoms with E-state index >= 15 is 0 Å². The van der Waals surface area contributed by atoms with Gasteiger partial charge >= 0.3 is 5.97 Å². The van der Waals surface area contributed by atoms with Crippen LogP contribution in [0.1, 0.15) is 120 Å². The molecule has 1 N–H and O–H groups in total. The van der Waals surface area contributed by atoms with Gasteiger partial charge in [0, 0.05) is 23.2 Å². The molecule has 6 aliphatic rings. The predicted molar refractivity (Wildman–Crippen MR) is 141 cm³/mol. The normalized spacial score (nSPS) is 56.5. The Hall–Kier alpha value is -0.610. The number of carbonyl (C=O) groups excluding carboxylic acids is 1. The molecule has 0 aromatic carbocycles. The minimum atomic E-state index is -0.253. The number of fused-ring (bicyclic) bond motifs is 4. The molecule has 36 heavy (non-hydrogen) atoms. The predicted octanol–water partition coefficient (Wildman–Crippen LogP) is 6.92. The molecule has 2 bridgehead atoms. The van der Waals surface area contributed by atoms with Gasteiger partial charge in [-0.15, -0.1) is 0 Å². The van der Waals surface area contributed by atoms with Gasteiger partial charge in [0.05, 0.1) is 18.3 Å². The lowest BCUT2D eigenvalue weighted by atomic mass is 9.30. The number of hydrogen-bond donors (Lipinski definition) is 1. The molecule has 0 aromatic rings. The quantitative estimate of drug-likeness (QED) is 0.397. The monoisotopic (exact) mass is 500 g/mol. The summed E-state index contributed by atoms with van der Waals surface area (Å²) in [5.74, 6) is 1.49. The van der Waals surface area contributed by atoms with Crippen LogP contribution in [0.25, 0.3) is 0 Å². The van der Waals surface area contributed by atoms with Gasteiger partial charge in [0.1, 0.15) is 6.10 Å². The van der Waals surface area contributed by atoms with Gasteiger partial charge < -0.3 is 14.6 Å². The zero-order chi connectivity index (χ0) is 26.2. The van der Waals surface area contributed by atoms with Gasteiger partial charge in [-0.2, -0.15) is 0 Å². The number of aliphatic hydroxyl groups excluding tert-OH is 1. The van der Waals surface area contributed by atoms with Crippen molar-refractivity contribution in [1.29, 1.82) is 0 Å². The van der Waals surface area contributed by atoms with Crippen LogP contribution in [0.2, 0.25) is 0 Å². The molecule has 5 saturated carbocycles. The fraction of sp³-hybridized carbons (Fsp3) is 0.969. The summed E-state index contributed by atoms with van der Waals surface area (Å²) in [6.45, 7) is 19.7. The van der Waals surface area contributed by atoms with Crippen LogP contribution in [-0.2, 0) is 14.3 Å². The molecule has 1 spiro atoms. The smallest absolute Gasteiger partial charge is 0.302 e. The summed E-state index contributed by atoms with van der Waals surface area (Å²) in [5.41, 5.74) is 0.529. The second kappa shape index (κ2) is 7.32. The van der Waals surface area contributed by atoms with E-state index in [0.29, 0.717) is 23.2 Å². The van der Waals surface area contributed by atoms with Crippen molar-refractivity contribution in [2.75, 3.05) is 6.61 Å². The highest BCUT2D eigenvalue weighted by Crippen LogP contribution is 2.80. The Bertz CT molecular complexity index is 956. The SMILES string of the molecule is CC(=O)O[C@H]1CC[C@]2(C)[C@H]3CC[C@]45OC[C@@]6(CCC(C)(C)C[C@H]64)[C@H](O)C[C@@]5(C)[C@]3(C)CC[C@H]2C1(C)C. The van der Waals surface area contributed by atoms with Gasteiger partial charge in [-0.3, -0.25) is 4.79 Å². The minimum Gasteiger partial charge on any atom is -0.462 e. The van der Waals surface area contributed by atoms with Gasteiger partial charge in [-0.25, -0.2) is 0 Å². The summed E-state index contributed by atoms with van der Waals surface area (Å²) in [4.78, 5) is 11.9. The molecule has 0 amide bonds. The summed E-state index contributed by atoms with van der Waals surface area (Å²) in [6, 6.07) is 0. The molecule has 6 rings (SSSR count). The number of rotatable bonds is 1. The summed E-state index contributed by atoms with van der Waals surface area (Å²) in [5, 5.41) is 11.9. The number of carbonyl (C=O) groups is 1. The number of hydrogen-bond acceptors (Lipinski definition) is 4. The maximum atomic E-state index is 11.9. The molecule has 0 radical (unpaired) electrons. The maximum Gasteiger partial charge on any atom is 0.302 e. The number of ether oxygens (including phenoxy) is 2. The van der Waals surface area contributed by atoms with Gasteiger partial charge in [0.15, 0.2) is 0 Å². The molecule has 6 fully saturated rings. The summed E-state index contributed by atoms with van der Waals surface area (Å²) < 4.78 is 13.0. The van der Waals surface area contributed by atoms with Crippen molar-refractivity contribution in [3.63, 3.8) is 0 Å². The van der Waals surface area contributed by atoms with E-state index in [4.69, 9.17) is 9.47 Å². The third-order valence-electron chi connectivity index (χ3n) is 14.4. The third kappa shape index (κ3) is 2.82. The maximum absolute atomic E-state index is 11.9. The Morgan fingerprint density at radius 2 is 1.53 bits per heavy atom. The summed E-state index contributed by atoms with van der Waals surface area (Å²) in [6.07, 6.45) is 11.0. The highest BCUT2D eigenvalue weighted by atomic mass is 16.5. The lowest BCUT2D eigenvalue weighted by Gasteiger charge is -2.75. The summed E-state index contributed by atoms with van der Waals surface area (Å²) >= 11 is 0. The Morgan fingerprint density at radius 3 is 2.22 bits per heavy atom. The van der Waals surface area contributed by atoms with Crippen LogP contribution in [0.4, 0.5) is 0 Å². The van der Waals surface area contributed by atoms with E-state index in [0.717, 1.165) is 38.7 Å². The molecule has 1 saturated heterocycles. The van der Waals surface area contributed by atoms with E-state index in [-0.39, 0.29) is 50.9 Å². The average Bonchev–Trinajstić information content (AvgIpc) is 3.03. The van der Waals surface area contributed by atoms with Crippen molar-refractivity contribution >= 4 is 5.97 Å². The fourth-order valence-corrected chi connectivity index (χ4v) is 12.4. The van der Waals surface area contributed by atoms with Crippen LogP contribution in [0.5, 0.6) is 0 Å². The first-order valence-electron chi connectivity index (χ1n) is 15.1. The van der Waals surface area contributed by atoms with Crippen molar-refractivity contribution in [2.45, 2.75) is 137 Å². The van der Waals surface area contributed by atoms with E-state index in [1.807, 2.05) is 0 Å². The van der Waals surface area contributed by atoms with Crippen molar-refractivity contribution in [1.82, 2.24) is 0 Å². The first-order valence-corrected chi connectivity index (χ1v) is 15.1. The van der Waals surface area contributed by atoms with Crippen molar-refractivity contribution in [3.05, 3.63) is 0 Å². The van der Waals surface area contributed by atoms with E-state index in [9.17, 15) is 9.90 Å². The molecule has 0 aromatic heterocycles. The standard InChI is InChI=1S/C32H52O4/c1-20(33)36-25-11-12-28(6)21(27(25,4)5)9-13-29(7)22(28)10-14-32-23-17-26(2,3)15-16-31(23,19-35-32)24(34)18-30(29,32)8/h21-25,34H,9-19H2,1-8H3/t21-,22+,23+,24+,25-,28-,29+,30-,31+,32-/m0/s1. The van der Waals surface area contributed by atoms with Crippen molar-refractivity contribution in [2.24, 2.45) is 50.2 Å². The Kier molecular flexibility index (Phi) is 5.21. The van der Waals surface area contributed by atoms with Crippen LogP contribution in [0.3, 0.4) is 0 Å². The highest BCUT2D eigenvalue weighted by molar-refractivity contribution is 5.66. The largest absolute Gasteiger partial charge is 0.462 e. The molecule has 5 aliphatic carbocycles. The second-order valence-corrected chi connectivity index (χ2v) is 16.4. The van der Waals surface area contributed by atoms with E-state index in [1.54, 1.807) is 6.92 Å². The van der Waals surface area contributed by atoms with Crippen LogP contribution < -0.4 is 0 Å². The van der Waals surface area contributed by atoms with Gasteiger partial charge in [0.2, 0.25) is 0 Å². The first-order chi connectivity index (χ1) is 16.6. The van der Waals surface area contributed by atoms with E-state index in [1.165, 1.54) is 32.1 Å². The Balaban J connectivity index is 1.40. The molecule has 1 aliphatic heterocycles. The molecule has 1 heterocycles. The molecule has 10 atom stereocenters. The Labute approximate surface area is 219 Å². The fourth-order valence-electron chi connectivity index (χ4n) is 12.4.